The number of hydrogen-bond acceptors (Lipinski definition) is 10. The second kappa shape index (κ2) is 32.8. The minimum absolute atomic E-state index is 0.156. The smallest absolute Gasteiger partial charge is 0.335 e. The van der Waals surface area contributed by atoms with E-state index in [0.717, 1.165) is 29.9 Å². The molecule has 0 bridgehead atoms. The Bertz CT molecular complexity index is 1020. The van der Waals surface area contributed by atoms with E-state index < -0.39 is 27.5 Å². The molecule has 346 valence electrons. The Kier molecular flexibility index (Phi) is 32.2. The summed E-state index contributed by atoms with van der Waals surface area (Å²) in [5, 5.41) is 0. The van der Waals surface area contributed by atoms with Crippen LogP contribution in [0.1, 0.15) is 125 Å². The largest absolute Gasteiger partial charge is 0.465 e. The number of rotatable bonds is 41. The van der Waals surface area contributed by atoms with Gasteiger partial charge in [-0.3, -0.25) is 9.59 Å². The second-order valence-corrected chi connectivity index (χ2v) is 28.3. The summed E-state index contributed by atoms with van der Waals surface area (Å²) >= 11 is 0. The molecule has 13 heteroatoms. The maximum atomic E-state index is 13.0. The minimum atomic E-state index is -2.45. The van der Waals surface area contributed by atoms with Crippen LogP contribution in [0, 0.1) is 10.8 Å². The van der Waals surface area contributed by atoms with E-state index in [1.165, 1.54) is 70.8 Å². The number of methoxy groups -OCH3 is 1. The van der Waals surface area contributed by atoms with Crippen molar-refractivity contribution in [2.45, 2.75) is 163 Å². The molecule has 0 saturated carbocycles. The third-order valence-corrected chi connectivity index (χ3v) is 15.3. The highest BCUT2D eigenvalue weighted by molar-refractivity contribution is 6.76. The first-order valence-corrected chi connectivity index (χ1v) is 29.2. The zero-order valence-electron chi connectivity index (χ0n) is 40.0. The van der Waals surface area contributed by atoms with Crippen LogP contribution in [0.4, 0.5) is 0 Å². The average Bonchev–Trinajstić information content (AvgIpc) is 3.15. The summed E-state index contributed by atoms with van der Waals surface area (Å²) in [4.78, 5) is 25.7. The number of quaternary nitrogens is 1. The molecule has 0 amide bonds. The van der Waals surface area contributed by atoms with Crippen LogP contribution in [0.15, 0.2) is 0 Å². The SMILES string of the molecule is CCCCCCCCCCCC[N+](C)(C)CCCCOCC(C)(COCC(C)(COCCOC)COC(=O)CC[Si](C)(C)C)COC(=O)CC[Si](C)(OCC)OCC. The molecule has 11 nitrogen and oxygen atoms in total. The van der Waals surface area contributed by atoms with Gasteiger partial charge in [0.2, 0.25) is 0 Å². The second-order valence-electron chi connectivity index (χ2n) is 19.4. The molecule has 0 aliphatic rings. The fourth-order valence-corrected chi connectivity index (χ4v) is 9.92. The van der Waals surface area contributed by atoms with Crippen LogP contribution in [-0.2, 0) is 46.9 Å². The monoisotopic (exact) mass is 865 g/mol. The van der Waals surface area contributed by atoms with Gasteiger partial charge in [0.1, 0.15) is 13.2 Å². The van der Waals surface area contributed by atoms with E-state index in [0.29, 0.717) is 71.9 Å². The van der Waals surface area contributed by atoms with Crippen molar-refractivity contribution in [1.29, 1.82) is 0 Å². The van der Waals surface area contributed by atoms with Gasteiger partial charge in [0, 0.05) is 64.7 Å². The van der Waals surface area contributed by atoms with Crippen molar-refractivity contribution in [3.05, 3.63) is 0 Å². The topological polar surface area (TPSA) is 108 Å². The van der Waals surface area contributed by atoms with Crippen molar-refractivity contribution in [2.24, 2.45) is 10.8 Å². The Morgan fingerprint density at radius 3 is 1.43 bits per heavy atom. The van der Waals surface area contributed by atoms with Gasteiger partial charge in [0.15, 0.2) is 0 Å². The first-order chi connectivity index (χ1) is 27.4. The quantitative estimate of drug-likeness (QED) is 0.0255. The van der Waals surface area contributed by atoms with Gasteiger partial charge in [0.25, 0.3) is 0 Å². The van der Waals surface area contributed by atoms with E-state index in [-0.39, 0.29) is 31.6 Å². The van der Waals surface area contributed by atoms with E-state index in [1.54, 1.807) is 7.11 Å². The molecular weight excluding hydrogens is 771 g/mol. The highest BCUT2D eigenvalue weighted by Crippen LogP contribution is 2.25. The zero-order valence-corrected chi connectivity index (χ0v) is 42.0. The minimum Gasteiger partial charge on any atom is -0.465 e. The van der Waals surface area contributed by atoms with Crippen LogP contribution in [0.25, 0.3) is 0 Å². The van der Waals surface area contributed by atoms with Gasteiger partial charge in [-0.15, -0.1) is 0 Å². The van der Waals surface area contributed by atoms with Gasteiger partial charge < -0.3 is 41.8 Å². The molecule has 0 aliphatic carbocycles. The average molecular weight is 865 g/mol. The maximum absolute atomic E-state index is 13.0. The Hall–Kier alpha value is -0.906. The van der Waals surface area contributed by atoms with E-state index in [1.807, 2.05) is 34.2 Å². The van der Waals surface area contributed by atoms with Gasteiger partial charge >= 0.3 is 20.5 Å². The summed E-state index contributed by atoms with van der Waals surface area (Å²) in [5.41, 5.74) is -1.17. The summed E-state index contributed by atoms with van der Waals surface area (Å²) in [6.45, 7) is 25.6. The van der Waals surface area contributed by atoms with Gasteiger partial charge in [-0.25, -0.2) is 0 Å². The number of unbranched alkanes of at least 4 members (excludes halogenated alkanes) is 10. The summed E-state index contributed by atoms with van der Waals surface area (Å²) in [6.07, 6.45) is 16.3. The molecule has 0 aromatic rings. The molecule has 0 aromatic heterocycles. The molecule has 0 saturated heterocycles. The lowest BCUT2D eigenvalue weighted by Gasteiger charge is -2.33. The number of esters is 2. The van der Waals surface area contributed by atoms with Gasteiger partial charge in [-0.2, -0.15) is 0 Å². The van der Waals surface area contributed by atoms with E-state index in [4.69, 9.17) is 37.3 Å². The van der Waals surface area contributed by atoms with Crippen LogP contribution in [0.2, 0.25) is 38.3 Å². The van der Waals surface area contributed by atoms with Crippen molar-refractivity contribution in [1.82, 2.24) is 0 Å². The number of carbonyl (C=O) groups excluding carboxylic acids is 2. The number of carbonyl (C=O) groups is 2. The number of ether oxygens (including phenoxy) is 6. The zero-order chi connectivity index (χ0) is 43.8. The van der Waals surface area contributed by atoms with Crippen molar-refractivity contribution in [3.63, 3.8) is 0 Å². The fraction of sp³-hybridized carbons (Fsp3) is 0.956. The first-order valence-electron chi connectivity index (χ1n) is 23.0. The molecule has 0 aromatic carbocycles. The number of nitrogens with zero attached hydrogens (tertiary/aromatic N) is 1. The molecule has 0 fully saturated rings. The lowest BCUT2D eigenvalue weighted by atomic mass is 9.92. The van der Waals surface area contributed by atoms with Crippen LogP contribution in [-0.4, -0.2) is 140 Å². The van der Waals surface area contributed by atoms with Gasteiger partial charge in [0.05, 0.1) is 66.8 Å². The molecule has 58 heavy (non-hydrogen) atoms. The molecule has 2 unspecified atom stereocenters. The molecule has 0 radical (unpaired) electrons. The third-order valence-electron chi connectivity index (χ3n) is 10.6. The van der Waals surface area contributed by atoms with E-state index >= 15 is 0 Å². The molecule has 0 spiro atoms. The predicted molar refractivity (Wildman–Crippen MR) is 242 cm³/mol. The predicted octanol–water partition coefficient (Wildman–Crippen LogP) is 9.82. The van der Waals surface area contributed by atoms with Crippen LogP contribution >= 0.6 is 0 Å². The lowest BCUT2D eigenvalue weighted by Crippen LogP contribution is -2.41. The summed E-state index contributed by atoms with van der Waals surface area (Å²) < 4.78 is 48.3. The standard InChI is InChI=1S/C45H94NO10Si2/c1-13-16-17-18-19-20-21-22-23-24-29-46(6,7)30-25-26-31-50-36-44(4,40-54-43(48)28-35-58(12,55-14-2)56-15-3)38-52-39-45(5,37-51-33-32-49-8)41-53-42(47)27-34-57(9,10)11/h13-41H2,1-12H3/q+1. The summed E-state index contributed by atoms with van der Waals surface area (Å²) in [6, 6.07) is 1.42. The molecule has 2 atom stereocenters. The van der Waals surface area contributed by atoms with Gasteiger partial charge in [-0.1, -0.05) is 91.8 Å². The highest BCUT2D eigenvalue weighted by Gasteiger charge is 2.34. The summed E-state index contributed by atoms with van der Waals surface area (Å²) in [5.74, 6) is -0.474. The first kappa shape index (κ1) is 57.1. The van der Waals surface area contributed by atoms with Crippen LogP contribution in [0.5, 0.6) is 0 Å². The Balaban J connectivity index is 5.26. The van der Waals surface area contributed by atoms with Crippen molar-refractivity contribution in [3.8, 4) is 0 Å². The number of hydrogen-bond donors (Lipinski definition) is 0. The van der Waals surface area contributed by atoms with Crippen molar-refractivity contribution >= 4 is 28.6 Å². The highest BCUT2D eigenvalue weighted by atomic mass is 28.4. The fourth-order valence-electron chi connectivity index (χ4n) is 6.71. The van der Waals surface area contributed by atoms with E-state index in [9.17, 15) is 9.59 Å². The lowest BCUT2D eigenvalue weighted by molar-refractivity contribution is -0.890. The Labute approximate surface area is 359 Å². The Morgan fingerprint density at radius 1 is 0.534 bits per heavy atom. The molecule has 0 aliphatic heterocycles. The third kappa shape index (κ3) is 32.8. The molecule has 0 heterocycles. The normalized spacial score (nSPS) is 14.6. The van der Waals surface area contributed by atoms with Gasteiger partial charge in [-0.05, 0) is 52.1 Å². The van der Waals surface area contributed by atoms with Crippen molar-refractivity contribution in [2.75, 3.05) is 107 Å². The maximum Gasteiger partial charge on any atom is 0.335 e. The summed E-state index contributed by atoms with van der Waals surface area (Å²) in [7, 11) is 2.51. The molecule has 0 rings (SSSR count). The van der Waals surface area contributed by atoms with Crippen molar-refractivity contribution < 1.29 is 51.3 Å². The van der Waals surface area contributed by atoms with Crippen LogP contribution in [0.3, 0.4) is 0 Å². The van der Waals surface area contributed by atoms with Crippen LogP contribution < -0.4 is 0 Å². The Morgan fingerprint density at radius 2 is 0.966 bits per heavy atom. The van der Waals surface area contributed by atoms with E-state index in [2.05, 4.69) is 40.7 Å². The molecular formula is C45H94NO10Si2+. The molecule has 0 N–H and O–H groups in total.